The van der Waals surface area contributed by atoms with Gasteiger partial charge >= 0.3 is 0 Å². The Kier molecular flexibility index (Phi) is 4.15. The van der Waals surface area contributed by atoms with Crippen LogP contribution in [-0.4, -0.2) is 5.71 Å². The Morgan fingerprint density at radius 2 is 1.63 bits per heavy atom. The molecule has 102 valence electrons. The van der Waals surface area contributed by atoms with Gasteiger partial charge in [0.25, 0.3) is 0 Å². The molecule has 3 heteroatoms. The van der Waals surface area contributed by atoms with Crippen LogP contribution in [0, 0.1) is 28.0 Å². The standard InChI is InChI=1S/C16H21FN2/c1-15(2,3)14(16(4,5)6)19-12-8-7-11(10-18)13(17)9-12/h7-9H,1-6H3. The summed E-state index contributed by atoms with van der Waals surface area (Å²) in [6, 6.07) is 6.28. The van der Waals surface area contributed by atoms with Gasteiger partial charge in [-0.3, -0.25) is 4.99 Å². The van der Waals surface area contributed by atoms with Crippen molar-refractivity contribution in [2.24, 2.45) is 15.8 Å². The van der Waals surface area contributed by atoms with Crippen LogP contribution in [0.5, 0.6) is 0 Å². The maximum Gasteiger partial charge on any atom is 0.143 e. The number of hydrogen-bond acceptors (Lipinski definition) is 2. The van der Waals surface area contributed by atoms with Crippen LogP contribution >= 0.6 is 0 Å². The molecule has 0 N–H and O–H groups in total. The number of halogens is 1. The van der Waals surface area contributed by atoms with Crippen LogP contribution in [0.4, 0.5) is 10.1 Å². The largest absolute Gasteiger partial charge is 0.257 e. The molecule has 0 bridgehead atoms. The topological polar surface area (TPSA) is 36.1 Å². The zero-order chi connectivity index (χ0) is 14.8. The van der Waals surface area contributed by atoms with E-state index in [0.29, 0.717) is 5.69 Å². The Hall–Kier alpha value is -1.69. The molecule has 0 saturated heterocycles. The summed E-state index contributed by atoms with van der Waals surface area (Å²) in [5, 5.41) is 8.72. The molecule has 0 saturated carbocycles. The second kappa shape index (κ2) is 5.13. The fourth-order valence-electron chi connectivity index (χ4n) is 2.25. The predicted molar refractivity (Wildman–Crippen MR) is 77.1 cm³/mol. The van der Waals surface area contributed by atoms with E-state index >= 15 is 0 Å². The van der Waals surface area contributed by atoms with Gasteiger partial charge in [-0.25, -0.2) is 4.39 Å². The molecule has 2 nitrogen and oxygen atoms in total. The van der Waals surface area contributed by atoms with Crippen molar-refractivity contribution in [2.45, 2.75) is 41.5 Å². The van der Waals surface area contributed by atoms with Gasteiger partial charge in [-0.05, 0) is 12.1 Å². The van der Waals surface area contributed by atoms with Crippen LogP contribution in [0.2, 0.25) is 0 Å². The lowest BCUT2D eigenvalue weighted by Crippen LogP contribution is -2.32. The summed E-state index contributed by atoms with van der Waals surface area (Å²) in [7, 11) is 0. The third kappa shape index (κ3) is 3.89. The molecule has 0 aliphatic rings. The normalized spacial score (nSPS) is 11.9. The van der Waals surface area contributed by atoms with Gasteiger partial charge in [0.15, 0.2) is 0 Å². The molecule has 1 rings (SSSR count). The van der Waals surface area contributed by atoms with Crippen LogP contribution in [0.3, 0.4) is 0 Å². The second-order valence-electron chi connectivity index (χ2n) is 6.74. The zero-order valence-corrected chi connectivity index (χ0v) is 12.5. The highest BCUT2D eigenvalue weighted by molar-refractivity contribution is 5.95. The van der Waals surface area contributed by atoms with Crippen molar-refractivity contribution in [1.29, 1.82) is 5.26 Å². The average Bonchev–Trinajstić information content (AvgIpc) is 2.23. The van der Waals surface area contributed by atoms with E-state index in [1.807, 2.05) is 6.07 Å². The van der Waals surface area contributed by atoms with Crippen molar-refractivity contribution < 1.29 is 4.39 Å². The maximum atomic E-state index is 13.6. The summed E-state index contributed by atoms with van der Waals surface area (Å²) >= 11 is 0. The first kappa shape index (κ1) is 15.4. The molecule has 0 fully saturated rings. The summed E-state index contributed by atoms with van der Waals surface area (Å²) in [5.74, 6) is -0.522. The Labute approximate surface area is 115 Å². The molecule has 0 atom stereocenters. The molecular weight excluding hydrogens is 239 g/mol. The highest BCUT2D eigenvalue weighted by Crippen LogP contribution is 2.32. The summed E-state index contributed by atoms with van der Waals surface area (Å²) in [6.07, 6.45) is 0. The van der Waals surface area contributed by atoms with Crippen molar-refractivity contribution in [3.8, 4) is 6.07 Å². The van der Waals surface area contributed by atoms with Crippen LogP contribution in [-0.2, 0) is 0 Å². The molecule has 1 aromatic rings. The minimum atomic E-state index is -0.522. The smallest absolute Gasteiger partial charge is 0.143 e. The number of hydrogen-bond donors (Lipinski definition) is 0. The van der Waals surface area contributed by atoms with Gasteiger partial charge in [-0.2, -0.15) is 5.26 Å². The number of nitriles is 1. The fraction of sp³-hybridized carbons (Fsp3) is 0.500. The Balaban J connectivity index is 3.33. The first-order valence-corrected chi connectivity index (χ1v) is 6.35. The number of aliphatic imine (C=N–C) groups is 1. The summed E-state index contributed by atoms with van der Waals surface area (Å²) in [6.45, 7) is 12.6. The van der Waals surface area contributed by atoms with Crippen molar-refractivity contribution in [3.05, 3.63) is 29.6 Å². The molecule has 0 aliphatic carbocycles. The average molecular weight is 260 g/mol. The van der Waals surface area contributed by atoms with Crippen molar-refractivity contribution in [3.63, 3.8) is 0 Å². The SMILES string of the molecule is CC(C)(C)C(=Nc1ccc(C#N)c(F)c1)C(C)(C)C. The third-order valence-corrected chi connectivity index (χ3v) is 2.73. The minimum Gasteiger partial charge on any atom is -0.257 e. The summed E-state index contributed by atoms with van der Waals surface area (Å²) < 4.78 is 13.6. The molecule has 0 heterocycles. The molecule has 1 aromatic carbocycles. The van der Waals surface area contributed by atoms with Gasteiger partial charge < -0.3 is 0 Å². The lowest BCUT2D eigenvalue weighted by Gasteiger charge is -2.32. The van der Waals surface area contributed by atoms with Crippen molar-refractivity contribution in [1.82, 2.24) is 0 Å². The molecule has 0 unspecified atom stereocenters. The monoisotopic (exact) mass is 260 g/mol. The second-order valence-corrected chi connectivity index (χ2v) is 6.74. The van der Waals surface area contributed by atoms with E-state index < -0.39 is 5.82 Å². The van der Waals surface area contributed by atoms with Gasteiger partial charge in [0.05, 0.1) is 11.3 Å². The predicted octanol–water partition coefficient (Wildman–Crippen LogP) is 4.86. The number of nitrogens with zero attached hydrogens (tertiary/aromatic N) is 2. The summed E-state index contributed by atoms with van der Waals surface area (Å²) in [5.41, 5.74) is 1.41. The molecule has 0 amide bonds. The van der Waals surface area contributed by atoms with Crippen LogP contribution in [0.1, 0.15) is 47.1 Å². The van der Waals surface area contributed by atoms with E-state index in [9.17, 15) is 4.39 Å². The van der Waals surface area contributed by atoms with E-state index in [-0.39, 0.29) is 16.4 Å². The Morgan fingerprint density at radius 3 is 2.00 bits per heavy atom. The van der Waals surface area contributed by atoms with E-state index in [1.165, 1.54) is 12.1 Å². The molecular formula is C16H21FN2. The van der Waals surface area contributed by atoms with Crippen molar-refractivity contribution >= 4 is 11.4 Å². The molecule has 0 aliphatic heterocycles. The molecule has 0 radical (unpaired) electrons. The van der Waals surface area contributed by atoms with Gasteiger partial charge in [0, 0.05) is 22.6 Å². The van der Waals surface area contributed by atoms with Gasteiger partial charge in [-0.15, -0.1) is 0 Å². The van der Waals surface area contributed by atoms with Gasteiger partial charge in [0.2, 0.25) is 0 Å². The van der Waals surface area contributed by atoms with Crippen LogP contribution in [0.15, 0.2) is 23.2 Å². The maximum absolute atomic E-state index is 13.6. The highest BCUT2D eigenvalue weighted by Gasteiger charge is 2.29. The Morgan fingerprint density at radius 1 is 1.11 bits per heavy atom. The lowest BCUT2D eigenvalue weighted by atomic mass is 9.75. The zero-order valence-electron chi connectivity index (χ0n) is 12.5. The van der Waals surface area contributed by atoms with Gasteiger partial charge in [0.1, 0.15) is 11.9 Å². The first-order chi connectivity index (χ1) is 8.55. The van der Waals surface area contributed by atoms with Crippen LogP contribution in [0.25, 0.3) is 0 Å². The van der Waals surface area contributed by atoms with E-state index in [0.717, 1.165) is 5.71 Å². The first-order valence-electron chi connectivity index (χ1n) is 6.35. The van der Waals surface area contributed by atoms with Crippen molar-refractivity contribution in [2.75, 3.05) is 0 Å². The minimum absolute atomic E-state index is 0.0482. The Bertz CT molecular complexity index is 521. The number of benzene rings is 1. The van der Waals surface area contributed by atoms with E-state index in [1.54, 1.807) is 6.07 Å². The third-order valence-electron chi connectivity index (χ3n) is 2.73. The van der Waals surface area contributed by atoms with Gasteiger partial charge in [-0.1, -0.05) is 41.5 Å². The number of rotatable bonds is 1. The molecule has 19 heavy (non-hydrogen) atoms. The summed E-state index contributed by atoms with van der Waals surface area (Å²) in [4.78, 5) is 4.60. The lowest BCUT2D eigenvalue weighted by molar-refractivity contribution is 0.479. The quantitative estimate of drug-likeness (QED) is 0.664. The van der Waals surface area contributed by atoms with E-state index in [4.69, 9.17) is 5.26 Å². The van der Waals surface area contributed by atoms with Crippen LogP contribution < -0.4 is 0 Å². The molecule has 0 aromatic heterocycles. The highest BCUT2D eigenvalue weighted by atomic mass is 19.1. The molecule has 0 spiro atoms. The fourth-order valence-corrected chi connectivity index (χ4v) is 2.25. The van der Waals surface area contributed by atoms with E-state index in [2.05, 4.69) is 46.5 Å².